The Morgan fingerprint density at radius 1 is 1.12 bits per heavy atom. The van der Waals surface area contributed by atoms with Crippen LogP contribution in [0.5, 0.6) is 17.2 Å². The van der Waals surface area contributed by atoms with Crippen molar-refractivity contribution in [2.45, 2.75) is 46.4 Å². The van der Waals surface area contributed by atoms with Crippen LogP contribution in [0.25, 0.3) is 6.08 Å². The number of ether oxygens (including phenoxy) is 4. The normalized spacial score (nSPS) is 14.4. The molecule has 0 radical (unpaired) electrons. The van der Waals surface area contributed by atoms with Gasteiger partial charge in [0.1, 0.15) is 12.4 Å². The molecule has 0 spiro atoms. The minimum atomic E-state index is -0.884. The van der Waals surface area contributed by atoms with Crippen molar-refractivity contribution in [2.24, 2.45) is 4.99 Å². The first-order valence-electron chi connectivity index (χ1n) is 14.8. The van der Waals surface area contributed by atoms with Gasteiger partial charge in [-0.2, -0.15) is 0 Å². The third kappa shape index (κ3) is 7.25. The number of allylic oxidation sites excluding steroid dienone is 1. The highest BCUT2D eigenvalue weighted by atomic mass is 35.5. The van der Waals surface area contributed by atoms with E-state index in [1.165, 1.54) is 29.9 Å². The maximum absolute atomic E-state index is 14.2. The second-order valence-corrected chi connectivity index (χ2v) is 12.8. The number of rotatable bonds is 11. The monoisotopic (exact) mass is 711 g/mol. The van der Waals surface area contributed by atoms with Crippen LogP contribution in [0, 0.1) is 10.1 Å². The predicted molar refractivity (Wildman–Crippen MR) is 183 cm³/mol. The number of benzene rings is 3. The fourth-order valence-electron chi connectivity index (χ4n) is 5.16. The molecule has 1 aliphatic rings. The lowest BCUT2D eigenvalue weighted by molar-refractivity contribution is -0.384. The van der Waals surface area contributed by atoms with Crippen LogP contribution in [0.15, 0.2) is 75.7 Å². The minimum Gasteiger partial charge on any atom is -0.493 e. The van der Waals surface area contributed by atoms with Gasteiger partial charge in [-0.25, -0.2) is 9.79 Å². The molecule has 4 aromatic rings. The molecule has 1 aromatic heterocycles. The number of thiazole rings is 1. The molecule has 3 aromatic carbocycles. The summed E-state index contributed by atoms with van der Waals surface area (Å²) in [6.07, 6.45) is 1.50. The van der Waals surface area contributed by atoms with Crippen molar-refractivity contribution >= 4 is 52.3 Å². The number of fused-ring (bicyclic) bond motifs is 1. The van der Waals surface area contributed by atoms with Crippen molar-refractivity contribution < 1.29 is 28.7 Å². The molecule has 250 valence electrons. The summed E-state index contributed by atoms with van der Waals surface area (Å²) in [5.41, 5.74) is 1.84. The summed E-state index contributed by atoms with van der Waals surface area (Å²) in [6.45, 7) is 7.38. The van der Waals surface area contributed by atoms with Gasteiger partial charge in [0.15, 0.2) is 16.3 Å². The molecular weight excluding hydrogens is 681 g/mol. The van der Waals surface area contributed by atoms with Gasteiger partial charge in [-0.05, 0) is 81.3 Å². The molecule has 0 amide bonds. The molecule has 14 heteroatoms. The summed E-state index contributed by atoms with van der Waals surface area (Å²) >= 11 is 14.1. The highest BCUT2D eigenvalue weighted by Gasteiger charge is 2.34. The number of non-ortho nitro benzene ring substituents is 1. The molecule has 0 unspecified atom stereocenters. The summed E-state index contributed by atoms with van der Waals surface area (Å²) < 4.78 is 24.7. The average molecular weight is 713 g/mol. The second-order valence-electron chi connectivity index (χ2n) is 10.9. The molecule has 0 fully saturated rings. The quantitative estimate of drug-likeness (QED) is 0.0994. The zero-order valence-corrected chi connectivity index (χ0v) is 28.9. The molecule has 0 aliphatic carbocycles. The standard InChI is InChI=1S/C34H31Cl2N3O8S/c1-6-45-33(41)29-19(4)37-34-38(30(29)21-9-12-26(47-18(2)3)27(14-21)44-5)32(40)28(48-34)15-22-13-23(35)16-25(36)31(22)46-17-20-7-10-24(11-8-20)39(42)43/h7-16,18,30H,6,17H2,1-5H3/b28-15+/t30-/m0/s1. The van der Waals surface area contributed by atoms with E-state index in [0.29, 0.717) is 43.7 Å². The maximum atomic E-state index is 14.2. The Morgan fingerprint density at radius 2 is 1.85 bits per heavy atom. The van der Waals surface area contributed by atoms with Crippen LogP contribution in [0.4, 0.5) is 5.69 Å². The van der Waals surface area contributed by atoms with Crippen LogP contribution >= 0.6 is 34.5 Å². The van der Waals surface area contributed by atoms with Gasteiger partial charge in [-0.1, -0.05) is 40.6 Å². The summed E-state index contributed by atoms with van der Waals surface area (Å²) in [5, 5.41) is 11.6. The third-order valence-corrected chi connectivity index (χ3v) is 8.72. The molecule has 2 heterocycles. The largest absolute Gasteiger partial charge is 0.493 e. The molecular formula is C34H31Cl2N3O8S. The third-order valence-electron chi connectivity index (χ3n) is 7.24. The number of carbonyl (C=O) groups is 1. The summed E-state index contributed by atoms with van der Waals surface area (Å²) in [7, 11) is 1.52. The SMILES string of the molecule is CCOC(=O)C1=C(C)N=c2s/c(=C/c3cc(Cl)cc(Cl)c3OCc3ccc([N+](=O)[O-])cc3)c(=O)n2[C@H]1c1ccc(OC(C)C)c(OC)c1. The first-order chi connectivity index (χ1) is 22.9. The van der Waals surface area contributed by atoms with Crippen molar-refractivity contribution in [3.05, 3.63) is 122 Å². The predicted octanol–water partition coefficient (Wildman–Crippen LogP) is 6.39. The van der Waals surface area contributed by atoms with Crippen LogP contribution in [-0.4, -0.2) is 35.3 Å². The van der Waals surface area contributed by atoms with Crippen LogP contribution in [0.3, 0.4) is 0 Å². The van der Waals surface area contributed by atoms with Gasteiger partial charge in [-0.15, -0.1) is 0 Å². The molecule has 0 bridgehead atoms. The number of esters is 1. The molecule has 0 saturated heterocycles. The highest BCUT2D eigenvalue weighted by Crippen LogP contribution is 2.37. The Hall–Kier alpha value is -4.65. The Bertz CT molecular complexity index is 2110. The van der Waals surface area contributed by atoms with Crippen molar-refractivity contribution in [3.63, 3.8) is 0 Å². The van der Waals surface area contributed by atoms with E-state index in [-0.39, 0.29) is 45.9 Å². The van der Waals surface area contributed by atoms with Gasteiger partial charge in [0.25, 0.3) is 11.2 Å². The van der Waals surface area contributed by atoms with Crippen LogP contribution in [-0.2, 0) is 16.1 Å². The number of halogens is 2. The van der Waals surface area contributed by atoms with Crippen molar-refractivity contribution in [1.82, 2.24) is 4.57 Å². The minimum absolute atomic E-state index is 0.0435. The van der Waals surface area contributed by atoms with Gasteiger partial charge in [0.05, 0.1) is 51.6 Å². The van der Waals surface area contributed by atoms with E-state index < -0.39 is 22.5 Å². The number of methoxy groups -OCH3 is 1. The number of aromatic nitrogens is 1. The Labute approximate surface area is 289 Å². The number of hydrogen-bond acceptors (Lipinski definition) is 10. The lowest BCUT2D eigenvalue weighted by atomic mass is 9.95. The molecule has 1 aliphatic heterocycles. The second kappa shape index (κ2) is 14.6. The zero-order chi connectivity index (χ0) is 34.7. The lowest BCUT2D eigenvalue weighted by Crippen LogP contribution is -2.40. The van der Waals surface area contributed by atoms with Crippen LogP contribution in [0.1, 0.15) is 50.4 Å². The Balaban J connectivity index is 1.63. The summed E-state index contributed by atoms with van der Waals surface area (Å²) in [6, 6.07) is 13.4. The van der Waals surface area contributed by atoms with E-state index >= 15 is 0 Å². The van der Waals surface area contributed by atoms with E-state index in [1.807, 2.05) is 13.8 Å². The van der Waals surface area contributed by atoms with Crippen molar-refractivity contribution in [1.29, 1.82) is 0 Å². The lowest BCUT2D eigenvalue weighted by Gasteiger charge is -2.25. The van der Waals surface area contributed by atoms with Gasteiger partial charge in [0, 0.05) is 22.7 Å². The fourth-order valence-corrected chi connectivity index (χ4v) is 6.76. The van der Waals surface area contributed by atoms with Gasteiger partial charge in [0.2, 0.25) is 0 Å². The van der Waals surface area contributed by atoms with Crippen LogP contribution < -0.4 is 29.1 Å². The number of hydrogen-bond donors (Lipinski definition) is 0. The number of nitrogens with zero attached hydrogens (tertiary/aromatic N) is 3. The molecule has 11 nitrogen and oxygen atoms in total. The van der Waals surface area contributed by atoms with E-state index in [0.717, 1.165) is 11.3 Å². The smallest absolute Gasteiger partial charge is 0.338 e. The maximum Gasteiger partial charge on any atom is 0.338 e. The first-order valence-corrected chi connectivity index (χ1v) is 16.4. The topological polar surface area (TPSA) is 131 Å². The summed E-state index contributed by atoms with van der Waals surface area (Å²) in [4.78, 5) is 43.1. The van der Waals surface area contributed by atoms with Gasteiger partial charge >= 0.3 is 5.97 Å². The Kier molecular flexibility index (Phi) is 10.6. The molecule has 48 heavy (non-hydrogen) atoms. The fraction of sp³-hybridized carbons (Fsp3) is 0.265. The number of nitro groups is 1. The highest BCUT2D eigenvalue weighted by molar-refractivity contribution is 7.07. The van der Waals surface area contributed by atoms with Crippen molar-refractivity contribution in [2.75, 3.05) is 13.7 Å². The Morgan fingerprint density at radius 3 is 2.50 bits per heavy atom. The molecule has 0 saturated carbocycles. The van der Waals surface area contributed by atoms with Crippen LogP contribution in [0.2, 0.25) is 10.0 Å². The first kappa shape index (κ1) is 34.7. The van der Waals surface area contributed by atoms with Crippen molar-refractivity contribution in [3.8, 4) is 17.2 Å². The van der Waals surface area contributed by atoms with E-state index in [2.05, 4.69) is 4.99 Å². The van der Waals surface area contributed by atoms with E-state index in [9.17, 15) is 19.7 Å². The molecule has 5 rings (SSSR count). The zero-order valence-electron chi connectivity index (χ0n) is 26.6. The van der Waals surface area contributed by atoms with Gasteiger partial charge < -0.3 is 18.9 Å². The van der Waals surface area contributed by atoms with E-state index in [4.69, 9.17) is 42.1 Å². The van der Waals surface area contributed by atoms with E-state index in [1.54, 1.807) is 56.3 Å². The van der Waals surface area contributed by atoms with Gasteiger partial charge in [-0.3, -0.25) is 19.5 Å². The average Bonchev–Trinajstić information content (AvgIpc) is 3.33. The summed E-state index contributed by atoms with van der Waals surface area (Å²) in [5.74, 6) is 0.615. The number of carbonyl (C=O) groups excluding carboxylic acids is 1. The molecule has 0 N–H and O–H groups in total. The molecule has 1 atom stereocenters. The number of nitro benzene ring substituents is 1.